The van der Waals surface area contributed by atoms with Crippen molar-refractivity contribution in [1.82, 2.24) is 0 Å². The molecule has 1 N–H and O–H groups in total. The summed E-state index contributed by atoms with van der Waals surface area (Å²) in [5, 5.41) is 7.91. The summed E-state index contributed by atoms with van der Waals surface area (Å²) in [6, 6.07) is 0. The minimum Gasteiger partial charge on any atom is -0.478 e. The highest BCUT2D eigenvalue weighted by molar-refractivity contribution is 5.82. The van der Waals surface area contributed by atoms with Crippen LogP contribution in [-0.2, 0) is 33.5 Å². The number of esters is 1. The molecule has 8 heteroatoms. The maximum Gasteiger partial charge on any atom is 0.373 e. The molecule has 0 aliphatic heterocycles. The molecule has 0 spiro atoms. The van der Waals surface area contributed by atoms with Crippen LogP contribution in [0.15, 0.2) is 49.1 Å². The van der Waals surface area contributed by atoms with E-state index in [0.29, 0.717) is 0 Å². The molecule has 8 nitrogen and oxygen atoms in total. The molecule has 0 atom stereocenters. The Morgan fingerprint density at radius 1 is 1.00 bits per heavy atom. The lowest BCUT2D eigenvalue weighted by molar-refractivity contribution is -0.193. The van der Waals surface area contributed by atoms with Gasteiger partial charge in [0.05, 0.1) is 7.11 Å². The predicted molar refractivity (Wildman–Crippen MR) is 73.0 cm³/mol. The summed E-state index contributed by atoms with van der Waals surface area (Å²) >= 11 is 0. The average Bonchev–Trinajstić information content (AvgIpc) is 2.47. The van der Waals surface area contributed by atoms with Crippen LogP contribution < -0.4 is 0 Å². The van der Waals surface area contributed by atoms with Crippen LogP contribution in [0.5, 0.6) is 0 Å². The van der Waals surface area contributed by atoms with Crippen molar-refractivity contribution < 1.29 is 38.6 Å². The van der Waals surface area contributed by atoms with Crippen LogP contribution in [0.4, 0.5) is 0 Å². The number of carbonyl (C=O) groups excluding carboxylic acids is 5. The third kappa shape index (κ3) is 69.6. The van der Waals surface area contributed by atoms with Crippen molar-refractivity contribution in [2.45, 2.75) is 6.92 Å². The van der Waals surface area contributed by atoms with Crippen molar-refractivity contribution in [1.29, 1.82) is 0 Å². The fourth-order valence-electron chi connectivity index (χ4n) is 0.464. The summed E-state index contributed by atoms with van der Waals surface area (Å²) in [4.78, 5) is 52.5. The smallest absolute Gasteiger partial charge is 0.373 e. The first kappa shape index (κ1) is 27.1. The minimum atomic E-state index is -0.945. The Kier molecular flexibility index (Phi) is 37.6. The molecule has 0 saturated heterocycles. The summed E-state index contributed by atoms with van der Waals surface area (Å²) in [5.74, 6) is -1.27. The Balaban J connectivity index is -0.000000110. The Morgan fingerprint density at radius 2 is 1.45 bits per heavy atom. The maximum atomic E-state index is 10.3. The first-order chi connectivity index (χ1) is 10.4. The number of methoxy groups -OCH3 is 1. The topological polar surface area (TPSA) is 132 Å². The van der Waals surface area contributed by atoms with E-state index >= 15 is 0 Å². The Hall–Kier alpha value is -3.34. The van der Waals surface area contributed by atoms with Crippen molar-refractivity contribution in [3.8, 4) is 0 Å². The molecule has 0 radical (unpaired) electrons. The Morgan fingerprint density at radius 3 is 1.68 bits per heavy atom. The van der Waals surface area contributed by atoms with E-state index in [1.807, 2.05) is 13.0 Å². The third-order valence-corrected chi connectivity index (χ3v) is 1.11. The predicted octanol–water partition coefficient (Wildman–Crippen LogP) is 0.938. The molecule has 120 valence electrons. The van der Waals surface area contributed by atoms with E-state index in [1.54, 1.807) is 12.2 Å². The van der Waals surface area contributed by atoms with Gasteiger partial charge in [-0.25, -0.2) is 9.59 Å². The van der Waals surface area contributed by atoms with Gasteiger partial charge in [-0.2, -0.15) is 19.2 Å². The number of ether oxygens (including phenoxy) is 1. The molecular weight excluding hydrogens is 296 g/mol. The second-order valence-electron chi connectivity index (χ2n) is 2.51. The van der Waals surface area contributed by atoms with E-state index in [4.69, 9.17) is 24.3 Å². The molecule has 0 bridgehead atoms. The van der Waals surface area contributed by atoms with Gasteiger partial charge in [0.2, 0.25) is 0 Å². The van der Waals surface area contributed by atoms with Crippen molar-refractivity contribution in [2.75, 3.05) is 7.11 Å². The van der Waals surface area contributed by atoms with Crippen LogP contribution in [-0.4, -0.2) is 36.5 Å². The van der Waals surface area contributed by atoms with E-state index in [1.165, 1.54) is 25.3 Å². The highest BCUT2D eigenvalue weighted by atomic mass is 16.5. The van der Waals surface area contributed by atoms with Crippen molar-refractivity contribution in [2.24, 2.45) is 0 Å². The molecule has 0 aromatic rings. The summed E-state index contributed by atoms with van der Waals surface area (Å²) in [6.45, 7) is 5.16. The van der Waals surface area contributed by atoms with Gasteiger partial charge in [0, 0.05) is 12.2 Å². The molecule has 0 aliphatic carbocycles. The van der Waals surface area contributed by atoms with Crippen LogP contribution in [0.2, 0.25) is 0 Å². The van der Waals surface area contributed by atoms with Crippen molar-refractivity contribution >= 4 is 24.2 Å². The molecule has 0 unspecified atom stereocenters. The Labute approximate surface area is 127 Å². The van der Waals surface area contributed by atoms with Gasteiger partial charge in [-0.3, -0.25) is 0 Å². The molecule has 0 amide bonds. The van der Waals surface area contributed by atoms with Crippen LogP contribution in [0.3, 0.4) is 0 Å². The first-order valence-electron chi connectivity index (χ1n) is 5.29. The highest BCUT2D eigenvalue weighted by Gasteiger charge is 1.85. The minimum absolute atomic E-state index is 0.250. The number of hydrogen-bond donors (Lipinski definition) is 1. The number of rotatable bonds is 4. The molecule has 0 heterocycles. The summed E-state index contributed by atoms with van der Waals surface area (Å²) < 4.78 is 4.34. The molecule has 0 aromatic heterocycles. The normalized spacial score (nSPS) is 8.09. The first-order valence-corrected chi connectivity index (χ1v) is 5.29. The highest BCUT2D eigenvalue weighted by Crippen LogP contribution is 1.78. The number of carbonyl (C=O) groups is 2. The van der Waals surface area contributed by atoms with Gasteiger partial charge in [-0.1, -0.05) is 37.0 Å². The largest absolute Gasteiger partial charge is 0.478 e. The molecular formula is C14H16O8. The maximum absolute atomic E-state index is 10.3. The van der Waals surface area contributed by atoms with Gasteiger partial charge in [0.1, 0.15) is 0 Å². The van der Waals surface area contributed by atoms with E-state index in [-0.39, 0.29) is 18.3 Å². The molecule has 22 heavy (non-hydrogen) atoms. The SMILES string of the molecule is C=C/C=C\C(=O)O.CC=CC=CC(=O)OC.O=C=O.O=C=O. The third-order valence-electron chi connectivity index (χ3n) is 1.11. The van der Waals surface area contributed by atoms with Crippen molar-refractivity contribution in [3.05, 3.63) is 49.1 Å². The van der Waals surface area contributed by atoms with Crippen LogP contribution in [0, 0.1) is 0 Å². The summed E-state index contributed by atoms with van der Waals surface area (Å²) in [6.07, 6.45) is 10.9. The molecule has 0 aromatic carbocycles. The lowest BCUT2D eigenvalue weighted by Crippen LogP contribution is -1.92. The number of hydrogen-bond acceptors (Lipinski definition) is 7. The van der Waals surface area contributed by atoms with Crippen LogP contribution in [0.1, 0.15) is 6.92 Å². The van der Waals surface area contributed by atoms with Crippen molar-refractivity contribution in [3.63, 3.8) is 0 Å². The van der Waals surface area contributed by atoms with Gasteiger partial charge in [0.15, 0.2) is 0 Å². The van der Waals surface area contributed by atoms with E-state index < -0.39 is 5.97 Å². The van der Waals surface area contributed by atoms with E-state index in [0.717, 1.165) is 6.08 Å². The summed E-state index contributed by atoms with van der Waals surface area (Å²) in [7, 11) is 1.35. The zero-order valence-corrected chi connectivity index (χ0v) is 12.1. The number of carboxylic acid groups (broad SMARTS) is 1. The standard InChI is InChI=1S/C7H10O2.C5H6O2.2CO2/c1-3-4-5-6-7(8)9-2;1-2-3-4-5(6)7;2*2-1-3/h3-6H,1-2H3;2-4H,1H2,(H,6,7);;/b;4-3-;;. The van der Waals surface area contributed by atoms with Crippen LogP contribution in [0.25, 0.3) is 0 Å². The van der Waals surface area contributed by atoms with Gasteiger partial charge in [0.25, 0.3) is 0 Å². The van der Waals surface area contributed by atoms with E-state index in [2.05, 4.69) is 11.3 Å². The van der Waals surface area contributed by atoms with Crippen LogP contribution >= 0.6 is 0 Å². The number of allylic oxidation sites excluding steroid dienone is 5. The lowest BCUT2D eigenvalue weighted by Gasteiger charge is -1.85. The van der Waals surface area contributed by atoms with Gasteiger partial charge in [-0.15, -0.1) is 0 Å². The molecule has 0 aliphatic rings. The average molecular weight is 312 g/mol. The second-order valence-corrected chi connectivity index (χ2v) is 2.51. The van der Waals surface area contributed by atoms with E-state index in [9.17, 15) is 9.59 Å². The fourth-order valence-corrected chi connectivity index (χ4v) is 0.464. The fraction of sp³-hybridized carbons (Fsp3) is 0.143. The summed E-state index contributed by atoms with van der Waals surface area (Å²) in [5.41, 5.74) is 0. The second kappa shape index (κ2) is 30.6. The van der Waals surface area contributed by atoms with Gasteiger partial charge >= 0.3 is 24.2 Å². The Bertz CT molecular complexity index is 433. The number of aliphatic carboxylic acids is 1. The van der Waals surface area contributed by atoms with Gasteiger partial charge < -0.3 is 9.84 Å². The zero-order chi connectivity index (χ0) is 18.2. The molecule has 0 rings (SSSR count). The quantitative estimate of drug-likeness (QED) is 0.460. The zero-order valence-electron chi connectivity index (χ0n) is 12.1. The lowest BCUT2D eigenvalue weighted by atomic mass is 10.4. The molecule has 0 saturated carbocycles. The molecule has 0 fully saturated rings. The number of carboxylic acids is 1. The monoisotopic (exact) mass is 312 g/mol. The van der Waals surface area contributed by atoms with Gasteiger partial charge in [-0.05, 0) is 6.92 Å².